The number of nitrogens with zero attached hydrogens (tertiary/aromatic N) is 5. The Hall–Kier alpha value is -3.85. The Bertz CT molecular complexity index is 1320. The number of piperidine rings is 1. The summed E-state index contributed by atoms with van der Waals surface area (Å²) in [6.07, 6.45) is 5.19. The lowest BCUT2D eigenvalue weighted by Gasteiger charge is -2.29. The molecule has 10 heteroatoms. The van der Waals surface area contributed by atoms with E-state index in [-0.39, 0.29) is 10.7 Å². The first-order valence-corrected chi connectivity index (χ1v) is 10.4. The Morgan fingerprint density at radius 3 is 2.59 bits per heavy atom. The molecule has 0 bridgehead atoms. The van der Waals surface area contributed by atoms with Gasteiger partial charge < -0.3 is 14.3 Å². The van der Waals surface area contributed by atoms with Crippen molar-refractivity contribution in [1.82, 2.24) is 30.0 Å². The maximum Gasteiger partial charge on any atom is 0.295 e. The predicted octanol–water partition coefficient (Wildman–Crippen LogP) is 3.30. The molecule has 0 radical (unpaired) electrons. The summed E-state index contributed by atoms with van der Waals surface area (Å²) in [6, 6.07) is 9.80. The lowest BCUT2D eigenvalue weighted by Crippen LogP contribution is -2.40. The van der Waals surface area contributed by atoms with Crippen molar-refractivity contribution in [2.75, 3.05) is 13.1 Å². The van der Waals surface area contributed by atoms with Crippen molar-refractivity contribution in [3.63, 3.8) is 0 Å². The van der Waals surface area contributed by atoms with Crippen LogP contribution < -0.4 is 0 Å². The van der Waals surface area contributed by atoms with Gasteiger partial charge in [-0.15, -0.1) is 10.2 Å². The monoisotopic (exact) mass is 448 g/mol. The number of carbonyl (C=O) groups is 2. The van der Waals surface area contributed by atoms with Gasteiger partial charge in [-0.2, -0.15) is 0 Å². The molecule has 1 fully saturated rings. The molecule has 9 nitrogen and oxygen atoms in total. The fourth-order valence-electron chi connectivity index (χ4n) is 3.94. The number of benzene rings is 1. The fourth-order valence-corrected chi connectivity index (χ4v) is 4.12. The maximum absolute atomic E-state index is 12.9. The van der Waals surface area contributed by atoms with Gasteiger partial charge in [0.05, 0.1) is 5.56 Å². The first-order valence-electron chi connectivity index (χ1n) is 9.98. The first kappa shape index (κ1) is 20.1. The van der Waals surface area contributed by atoms with Crippen molar-refractivity contribution in [2.24, 2.45) is 0 Å². The van der Waals surface area contributed by atoms with Gasteiger partial charge in [0.25, 0.3) is 11.7 Å². The molecule has 1 aliphatic heterocycles. The van der Waals surface area contributed by atoms with Crippen LogP contribution in [0.2, 0.25) is 5.15 Å². The number of Topliss-reactive ketones (excluding diaryl/α,β-unsaturated/α-hetero) is 1. The van der Waals surface area contributed by atoms with E-state index >= 15 is 0 Å². The molecule has 1 aliphatic rings. The minimum Gasteiger partial charge on any atom is -0.423 e. The highest BCUT2D eigenvalue weighted by atomic mass is 35.5. The van der Waals surface area contributed by atoms with Gasteiger partial charge in [-0.3, -0.25) is 9.59 Å². The topological polar surface area (TPSA) is 118 Å². The molecule has 160 valence electrons. The number of likely N-dealkylation sites (tertiary alicyclic amines) is 1. The number of aromatic nitrogens is 5. The predicted molar refractivity (Wildman–Crippen MR) is 116 cm³/mol. The fraction of sp³-hybridized carbons (Fsp3) is 0.182. The molecular weight excluding hydrogens is 432 g/mol. The molecule has 4 aromatic rings. The molecule has 0 aliphatic carbocycles. The van der Waals surface area contributed by atoms with Gasteiger partial charge in [-0.05, 0) is 18.4 Å². The zero-order valence-electron chi connectivity index (χ0n) is 16.8. The molecule has 1 amide bonds. The number of carbonyl (C=O) groups excluding carboxylic acids is 2. The van der Waals surface area contributed by atoms with Crippen LogP contribution in [0.3, 0.4) is 0 Å². The molecule has 1 saturated heterocycles. The summed E-state index contributed by atoms with van der Waals surface area (Å²) in [5, 5.41) is 8.09. The van der Waals surface area contributed by atoms with Crippen LogP contribution in [-0.4, -0.2) is 54.8 Å². The second kappa shape index (κ2) is 8.35. The molecule has 32 heavy (non-hydrogen) atoms. The van der Waals surface area contributed by atoms with E-state index in [1.807, 2.05) is 30.3 Å². The molecule has 3 aromatic heterocycles. The molecule has 4 heterocycles. The van der Waals surface area contributed by atoms with Crippen LogP contribution in [0.1, 0.15) is 34.7 Å². The SMILES string of the molecule is O=C(C(=O)N1CCC(=C(c2ccccc2)c2nnco2)CC1)c1c[nH]c2c(Cl)ncnc12. The number of halogens is 1. The quantitative estimate of drug-likeness (QED) is 0.289. The summed E-state index contributed by atoms with van der Waals surface area (Å²) in [4.78, 5) is 38.2. The second-order valence-electron chi connectivity index (χ2n) is 7.30. The van der Waals surface area contributed by atoms with Crippen LogP contribution in [-0.2, 0) is 4.79 Å². The third-order valence-electron chi connectivity index (χ3n) is 5.50. The molecular formula is C22H17ClN6O3. The number of amides is 1. The van der Waals surface area contributed by atoms with Gasteiger partial charge >= 0.3 is 0 Å². The molecule has 1 N–H and O–H groups in total. The van der Waals surface area contributed by atoms with Crippen LogP contribution in [0, 0.1) is 0 Å². The molecule has 1 aromatic carbocycles. The molecule has 0 saturated carbocycles. The zero-order chi connectivity index (χ0) is 22.1. The minimum absolute atomic E-state index is 0.187. The second-order valence-corrected chi connectivity index (χ2v) is 7.66. The zero-order valence-corrected chi connectivity index (χ0v) is 17.5. The van der Waals surface area contributed by atoms with E-state index < -0.39 is 11.7 Å². The van der Waals surface area contributed by atoms with Crippen molar-refractivity contribution in [2.45, 2.75) is 12.8 Å². The Morgan fingerprint density at radius 2 is 1.88 bits per heavy atom. The normalized spacial score (nSPS) is 14.0. The summed E-state index contributed by atoms with van der Waals surface area (Å²) >= 11 is 6.03. The molecule has 0 unspecified atom stereocenters. The lowest BCUT2D eigenvalue weighted by molar-refractivity contribution is -0.126. The Balaban J connectivity index is 1.38. The van der Waals surface area contributed by atoms with Crippen LogP contribution in [0.15, 0.2) is 59.2 Å². The molecule has 0 atom stereocenters. The van der Waals surface area contributed by atoms with Gasteiger partial charge in [-0.1, -0.05) is 47.5 Å². The van der Waals surface area contributed by atoms with Gasteiger partial charge in [-0.25, -0.2) is 9.97 Å². The van der Waals surface area contributed by atoms with Crippen molar-refractivity contribution in [3.8, 4) is 0 Å². The number of hydrogen-bond acceptors (Lipinski definition) is 7. The molecule has 5 rings (SSSR count). The standard InChI is InChI=1S/C22H17ClN6O3/c23-20-18-17(25-11-26-20)15(10-24-18)19(30)22(31)29-8-6-14(7-9-29)16(21-28-27-12-32-21)13-4-2-1-3-5-13/h1-5,10-12,24H,6-9H2. The van der Waals surface area contributed by atoms with Crippen molar-refractivity contribution in [1.29, 1.82) is 0 Å². The molecule has 0 spiro atoms. The van der Waals surface area contributed by atoms with E-state index in [0.29, 0.717) is 42.9 Å². The number of H-pyrrole nitrogens is 1. The number of rotatable bonds is 4. The highest BCUT2D eigenvalue weighted by Crippen LogP contribution is 2.31. The Kier molecular flexibility index (Phi) is 5.24. The summed E-state index contributed by atoms with van der Waals surface area (Å²) in [5.41, 5.74) is 3.91. The van der Waals surface area contributed by atoms with Gasteiger partial charge in [0.2, 0.25) is 12.3 Å². The van der Waals surface area contributed by atoms with Crippen LogP contribution in [0.5, 0.6) is 0 Å². The van der Waals surface area contributed by atoms with Crippen LogP contribution >= 0.6 is 11.6 Å². The van der Waals surface area contributed by atoms with E-state index in [9.17, 15) is 9.59 Å². The highest BCUT2D eigenvalue weighted by Gasteiger charge is 2.30. The van der Waals surface area contributed by atoms with Gasteiger partial charge in [0, 0.05) is 24.9 Å². The number of hydrogen-bond donors (Lipinski definition) is 1. The smallest absolute Gasteiger partial charge is 0.295 e. The Labute approximate surface area is 187 Å². The van der Waals surface area contributed by atoms with E-state index in [4.69, 9.17) is 16.0 Å². The average molecular weight is 449 g/mol. The van der Waals surface area contributed by atoms with Gasteiger partial charge in [0.15, 0.2) is 5.15 Å². The van der Waals surface area contributed by atoms with E-state index in [1.54, 1.807) is 4.90 Å². The van der Waals surface area contributed by atoms with E-state index in [0.717, 1.165) is 16.7 Å². The third kappa shape index (κ3) is 3.56. The summed E-state index contributed by atoms with van der Waals surface area (Å²) in [6.45, 7) is 0.810. The highest BCUT2D eigenvalue weighted by molar-refractivity contribution is 6.45. The van der Waals surface area contributed by atoms with Crippen molar-refractivity contribution < 1.29 is 14.0 Å². The summed E-state index contributed by atoms with van der Waals surface area (Å²) in [5.74, 6) is -0.755. The van der Waals surface area contributed by atoms with Gasteiger partial charge in [0.1, 0.15) is 17.4 Å². The van der Waals surface area contributed by atoms with Crippen LogP contribution in [0.25, 0.3) is 16.6 Å². The number of aromatic amines is 1. The third-order valence-corrected chi connectivity index (χ3v) is 5.79. The Morgan fingerprint density at radius 1 is 1.09 bits per heavy atom. The van der Waals surface area contributed by atoms with Crippen molar-refractivity contribution >= 4 is 39.9 Å². The van der Waals surface area contributed by atoms with E-state index in [1.165, 1.54) is 18.9 Å². The average Bonchev–Trinajstić information content (AvgIpc) is 3.51. The van der Waals surface area contributed by atoms with E-state index in [2.05, 4.69) is 25.1 Å². The minimum atomic E-state index is -0.626. The van der Waals surface area contributed by atoms with Crippen molar-refractivity contribution in [3.05, 3.63) is 77.0 Å². The summed E-state index contributed by atoms with van der Waals surface area (Å²) < 4.78 is 5.47. The lowest BCUT2D eigenvalue weighted by atomic mass is 9.92. The first-order chi connectivity index (χ1) is 15.6. The van der Waals surface area contributed by atoms with Crippen LogP contribution in [0.4, 0.5) is 0 Å². The number of ketones is 1. The number of nitrogens with one attached hydrogen (secondary N) is 1. The summed E-state index contributed by atoms with van der Waals surface area (Å²) in [7, 11) is 0. The maximum atomic E-state index is 12.9. The largest absolute Gasteiger partial charge is 0.423 e. The number of fused-ring (bicyclic) bond motifs is 1.